The molecule has 86 valence electrons. The monoisotopic (exact) mass is 225 g/mol. The molecule has 0 aliphatic rings. The Balaban J connectivity index is 2.55. The van der Waals surface area contributed by atoms with Crippen LogP contribution in [0.3, 0.4) is 0 Å². The molecule has 0 saturated carbocycles. The number of benzene rings is 1. The number of hydrogen-bond donors (Lipinski definition) is 1. The van der Waals surface area contributed by atoms with Gasteiger partial charge in [-0.25, -0.2) is 8.78 Å². The zero-order valence-corrected chi connectivity index (χ0v) is 8.80. The molecular formula is C12H13F2NO. The molecule has 0 bridgehead atoms. The first-order chi connectivity index (χ1) is 7.63. The molecule has 0 heterocycles. The Morgan fingerprint density at radius 1 is 1.44 bits per heavy atom. The molecule has 0 atom stereocenters. The number of carbonyl (C=O) groups excluding carboxylic acids is 1. The number of carbonyl (C=O) groups is 1. The summed E-state index contributed by atoms with van der Waals surface area (Å²) < 4.78 is 26.0. The van der Waals surface area contributed by atoms with E-state index in [0.717, 1.165) is 18.2 Å². The summed E-state index contributed by atoms with van der Waals surface area (Å²) in [5, 5.41) is 2.81. The third-order valence-corrected chi connectivity index (χ3v) is 2.01. The number of Topliss-reactive ketones (excluding diaryl/α,β-unsaturated/α-hetero) is 1. The van der Waals surface area contributed by atoms with E-state index in [2.05, 4.69) is 11.9 Å². The zero-order chi connectivity index (χ0) is 12.0. The Morgan fingerprint density at radius 3 is 2.88 bits per heavy atom. The van der Waals surface area contributed by atoms with E-state index in [0.29, 0.717) is 6.54 Å². The Morgan fingerprint density at radius 2 is 2.19 bits per heavy atom. The first-order valence-electron chi connectivity index (χ1n) is 4.90. The fraction of sp³-hybridized carbons (Fsp3) is 0.250. The van der Waals surface area contributed by atoms with Crippen LogP contribution in [0.2, 0.25) is 0 Å². The van der Waals surface area contributed by atoms with Gasteiger partial charge in [0.1, 0.15) is 11.6 Å². The molecule has 0 spiro atoms. The van der Waals surface area contributed by atoms with Crippen LogP contribution in [0.4, 0.5) is 8.78 Å². The van der Waals surface area contributed by atoms with Gasteiger partial charge in [-0.15, -0.1) is 6.58 Å². The standard InChI is InChI=1S/C12H13F2NO/c1-2-5-15-8-11(16)7-9-6-10(13)3-4-12(9)14/h2-4,6,15H,1,5,7-8H2. The van der Waals surface area contributed by atoms with Crippen molar-refractivity contribution in [3.8, 4) is 0 Å². The average molecular weight is 225 g/mol. The second kappa shape index (κ2) is 6.12. The smallest absolute Gasteiger partial charge is 0.151 e. The summed E-state index contributed by atoms with van der Waals surface area (Å²) in [6.45, 7) is 4.12. The van der Waals surface area contributed by atoms with Crippen molar-refractivity contribution in [1.29, 1.82) is 0 Å². The zero-order valence-electron chi connectivity index (χ0n) is 8.80. The summed E-state index contributed by atoms with van der Waals surface area (Å²) in [6, 6.07) is 3.09. The molecule has 0 fully saturated rings. The van der Waals surface area contributed by atoms with E-state index in [-0.39, 0.29) is 24.3 Å². The maximum atomic E-state index is 13.2. The average Bonchev–Trinajstić information content (AvgIpc) is 2.24. The molecule has 16 heavy (non-hydrogen) atoms. The number of halogens is 2. The molecule has 0 amide bonds. The highest BCUT2D eigenvalue weighted by atomic mass is 19.1. The van der Waals surface area contributed by atoms with Gasteiger partial charge in [0, 0.05) is 13.0 Å². The van der Waals surface area contributed by atoms with E-state index in [1.54, 1.807) is 6.08 Å². The second-order valence-electron chi connectivity index (χ2n) is 3.37. The van der Waals surface area contributed by atoms with Crippen molar-refractivity contribution in [1.82, 2.24) is 5.32 Å². The number of nitrogens with one attached hydrogen (secondary N) is 1. The van der Waals surface area contributed by atoms with Gasteiger partial charge in [0.25, 0.3) is 0 Å². The molecule has 2 nitrogen and oxygen atoms in total. The van der Waals surface area contributed by atoms with Gasteiger partial charge in [-0.2, -0.15) is 0 Å². The van der Waals surface area contributed by atoms with Crippen molar-refractivity contribution in [2.75, 3.05) is 13.1 Å². The molecule has 1 aromatic carbocycles. The minimum atomic E-state index is -0.557. The van der Waals surface area contributed by atoms with E-state index < -0.39 is 11.6 Å². The molecule has 4 heteroatoms. The summed E-state index contributed by atoms with van der Waals surface area (Å²) in [5.74, 6) is -1.28. The molecule has 0 unspecified atom stereocenters. The number of rotatable bonds is 6. The lowest BCUT2D eigenvalue weighted by Crippen LogP contribution is -2.24. The SMILES string of the molecule is C=CCNCC(=O)Cc1cc(F)ccc1F. The summed E-state index contributed by atoms with van der Waals surface area (Å²) in [6.07, 6.45) is 1.52. The van der Waals surface area contributed by atoms with Gasteiger partial charge in [-0.05, 0) is 23.8 Å². The van der Waals surface area contributed by atoms with Crippen molar-refractivity contribution in [2.45, 2.75) is 6.42 Å². The van der Waals surface area contributed by atoms with Crippen molar-refractivity contribution in [2.24, 2.45) is 0 Å². The van der Waals surface area contributed by atoms with E-state index in [4.69, 9.17) is 0 Å². The van der Waals surface area contributed by atoms with Gasteiger partial charge in [-0.3, -0.25) is 4.79 Å². The van der Waals surface area contributed by atoms with Crippen LogP contribution in [0.1, 0.15) is 5.56 Å². The summed E-state index contributed by atoms with van der Waals surface area (Å²) in [7, 11) is 0. The van der Waals surface area contributed by atoms with Crippen LogP contribution in [0.5, 0.6) is 0 Å². The van der Waals surface area contributed by atoms with Gasteiger partial charge in [0.05, 0.1) is 6.54 Å². The van der Waals surface area contributed by atoms with Crippen LogP contribution in [-0.2, 0) is 11.2 Å². The highest BCUT2D eigenvalue weighted by Gasteiger charge is 2.08. The Labute approximate surface area is 93.0 Å². The molecule has 0 aliphatic heterocycles. The third-order valence-electron chi connectivity index (χ3n) is 2.01. The minimum Gasteiger partial charge on any atom is -0.307 e. The van der Waals surface area contributed by atoms with Crippen LogP contribution in [0.25, 0.3) is 0 Å². The largest absolute Gasteiger partial charge is 0.307 e. The van der Waals surface area contributed by atoms with Crippen molar-refractivity contribution >= 4 is 5.78 Å². The lowest BCUT2D eigenvalue weighted by molar-refractivity contribution is -0.117. The third kappa shape index (κ3) is 3.90. The summed E-state index contributed by atoms with van der Waals surface area (Å²) in [4.78, 5) is 11.4. The fourth-order valence-corrected chi connectivity index (χ4v) is 1.27. The molecular weight excluding hydrogens is 212 g/mol. The van der Waals surface area contributed by atoms with Crippen LogP contribution in [0, 0.1) is 11.6 Å². The van der Waals surface area contributed by atoms with Crippen LogP contribution >= 0.6 is 0 Å². The molecule has 1 N–H and O–H groups in total. The first-order valence-corrected chi connectivity index (χ1v) is 4.90. The van der Waals surface area contributed by atoms with Crippen LogP contribution in [0.15, 0.2) is 30.9 Å². The summed E-state index contributed by atoms with van der Waals surface area (Å²) in [5.41, 5.74) is 0.0883. The molecule has 0 saturated heterocycles. The molecule has 0 radical (unpaired) electrons. The Hall–Kier alpha value is -1.55. The number of hydrogen-bond acceptors (Lipinski definition) is 2. The topological polar surface area (TPSA) is 29.1 Å². The first kappa shape index (κ1) is 12.5. The maximum absolute atomic E-state index is 13.2. The quantitative estimate of drug-likeness (QED) is 0.591. The van der Waals surface area contributed by atoms with Gasteiger partial charge < -0.3 is 5.32 Å². The van der Waals surface area contributed by atoms with E-state index in [1.807, 2.05) is 0 Å². The molecule has 1 aromatic rings. The maximum Gasteiger partial charge on any atom is 0.151 e. The van der Waals surface area contributed by atoms with Gasteiger partial charge in [-0.1, -0.05) is 6.08 Å². The van der Waals surface area contributed by atoms with Crippen molar-refractivity contribution < 1.29 is 13.6 Å². The highest BCUT2D eigenvalue weighted by molar-refractivity contribution is 5.82. The van der Waals surface area contributed by atoms with E-state index >= 15 is 0 Å². The van der Waals surface area contributed by atoms with Crippen LogP contribution in [-0.4, -0.2) is 18.9 Å². The molecule has 1 rings (SSSR count). The van der Waals surface area contributed by atoms with E-state index in [9.17, 15) is 13.6 Å². The van der Waals surface area contributed by atoms with E-state index in [1.165, 1.54) is 0 Å². The summed E-state index contributed by atoms with van der Waals surface area (Å²) >= 11 is 0. The van der Waals surface area contributed by atoms with Crippen molar-refractivity contribution in [3.05, 3.63) is 48.1 Å². The van der Waals surface area contributed by atoms with Gasteiger partial charge in [0.15, 0.2) is 5.78 Å². The normalized spacial score (nSPS) is 10.1. The minimum absolute atomic E-state index is 0.0883. The van der Waals surface area contributed by atoms with Crippen LogP contribution < -0.4 is 5.32 Å². The molecule has 0 aliphatic carbocycles. The molecule has 0 aromatic heterocycles. The fourth-order valence-electron chi connectivity index (χ4n) is 1.27. The number of ketones is 1. The Bertz CT molecular complexity index is 391. The van der Waals surface area contributed by atoms with Gasteiger partial charge >= 0.3 is 0 Å². The van der Waals surface area contributed by atoms with Gasteiger partial charge in [0.2, 0.25) is 0 Å². The Kier molecular flexibility index (Phi) is 4.79. The lowest BCUT2D eigenvalue weighted by atomic mass is 10.1. The second-order valence-corrected chi connectivity index (χ2v) is 3.37. The van der Waals surface area contributed by atoms with Crippen molar-refractivity contribution in [3.63, 3.8) is 0 Å². The highest BCUT2D eigenvalue weighted by Crippen LogP contribution is 2.10. The predicted molar refractivity (Wildman–Crippen MR) is 58.1 cm³/mol. The predicted octanol–water partition coefficient (Wildman–Crippen LogP) is 1.85. The lowest BCUT2D eigenvalue weighted by Gasteiger charge is -2.03.